The van der Waals surface area contributed by atoms with Crippen molar-refractivity contribution in [3.8, 4) is 6.07 Å². The maximum Gasteiger partial charge on any atom is 0.393 e. The Bertz CT molecular complexity index is 1250. The topological polar surface area (TPSA) is 56.6 Å². The van der Waals surface area contributed by atoms with Gasteiger partial charge in [0.25, 0.3) is 0 Å². The number of likely N-dealkylation sites (tertiary alicyclic amines) is 1. The number of rotatable bonds is 8. The van der Waals surface area contributed by atoms with Crippen molar-refractivity contribution in [1.29, 1.82) is 5.26 Å². The molecule has 1 aliphatic carbocycles. The summed E-state index contributed by atoms with van der Waals surface area (Å²) in [6.45, 7) is 5.70. The maximum absolute atomic E-state index is 14.4. The highest BCUT2D eigenvalue weighted by atomic mass is 19.4. The Morgan fingerprint density at radius 2 is 1.76 bits per heavy atom. The molecule has 0 bridgehead atoms. The molecule has 2 saturated heterocycles. The van der Waals surface area contributed by atoms with Crippen molar-refractivity contribution in [2.45, 2.75) is 63.1 Å². The molecule has 9 heteroatoms. The molecule has 0 spiro atoms. The van der Waals surface area contributed by atoms with E-state index in [0.717, 1.165) is 64.1 Å². The fourth-order valence-corrected chi connectivity index (χ4v) is 7.43. The quantitative estimate of drug-likeness (QED) is 0.276. The number of alkyl halides is 3. The van der Waals surface area contributed by atoms with Gasteiger partial charge in [-0.15, -0.1) is 0 Å². The summed E-state index contributed by atoms with van der Waals surface area (Å²) >= 11 is 0. The summed E-state index contributed by atoms with van der Waals surface area (Å²) in [6.07, 6.45) is -1.54. The van der Waals surface area contributed by atoms with Crippen LogP contribution in [0, 0.1) is 34.9 Å². The molecule has 3 atom stereocenters. The van der Waals surface area contributed by atoms with Crippen LogP contribution in [0.1, 0.15) is 50.2 Å². The third-order valence-electron chi connectivity index (χ3n) is 9.25. The van der Waals surface area contributed by atoms with Gasteiger partial charge in [0.1, 0.15) is 11.9 Å². The Labute approximate surface area is 239 Å². The van der Waals surface area contributed by atoms with E-state index in [1.807, 2.05) is 6.07 Å². The second-order valence-corrected chi connectivity index (χ2v) is 12.0. The van der Waals surface area contributed by atoms with E-state index in [4.69, 9.17) is 4.74 Å². The summed E-state index contributed by atoms with van der Waals surface area (Å²) in [6, 6.07) is 15.7. The van der Waals surface area contributed by atoms with Crippen LogP contribution >= 0.6 is 0 Å². The molecule has 0 aromatic heterocycles. The summed E-state index contributed by atoms with van der Waals surface area (Å²) in [5.74, 6) is -0.425. The van der Waals surface area contributed by atoms with Crippen LogP contribution < -0.4 is 4.90 Å². The van der Waals surface area contributed by atoms with Gasteiger partial charge in [-0.1, -0.05) is 24.3 Å². The number of anilines is 1. The van der Waals surface area contributed by atoms with E-state index in [9.17, 15) is 27.6 Å². The van der Waals surface area contributed by atoms with Crippen LogP contribution in [0.2, 0.25) is 0 Å². The highest BCUT2D eigenvalue weighted by Crippen LogP contribution is 2.51. The molecule has 3 fully saturated rings. The van der Waals surface area contributed by atoms with E-state index < -0.39 is 18.0 Å². The molecule has 2 aromatic rings. The number of nitriles is 1. The summed E-state index contributed by atoms with van der Waals surface area (Å²) in [5, 5.41) is 10.8. The minimum atomic E-state index is -4.21. The first-order valence-corrected chi connectivity index (χ1v) is 14.5. The first kappa shape index (κ1) is 29.4. The van der Waals surface area contributed by atoms with Crippen LogP contribution in [0.5, 0.6) is 0 Å². The lowest BCUT2D eigenvalue weighted by atomic mass is 9.59. The fourth-order valence-electron chi connectivity index (χ4n) is 7.43. The number of ether oxygens (including phenoxy) is 1. The number of piperidine rings is 1. The van der Waals surface area contributed by atoms with Gasteiger partial charge in [0.15, 0.2) is 0 Å². The van der Waals surface area contributed by atoms with Gasteiger partial charge in [-0.25, -0.2) is 4.39 Å². The first-order valence-electron chi connectivity index (χ1n) is 14.5. The molecule has 0 N–H and O–H groups in total. The minimum absolute atomic E-state index is 0.0137. The lowest BCUT2D eigenvalue weighted by Gasteiger charge is -2.48. The van der Waals surface area contributed by atoms with Crippen molar-refractivity contribution in [2.24, 2.45) is 17.8 Å². The SMILES string of the molecule is CC(=O)O[C@H]1CCC[C@@H]1C(C#N)(c1cccc(F)c1)C1CCN(CC2CN(c3ccc(CC(F)(F)F)cc3)C2)CC1. The molecule has 2 aromatic carbocycles. The van der Waals surface area contributed by atoms with Crippen molar-refractivity contribution in [3.05, 3.63) is 65.5 Å². The van der Waals surface area contributed by atoms with Crippen LogP contribution in [-0.4, -0.2) is 55.9 Å². The van der Waals surface area contributed by atoms with E-state index in [0.29, 0.717) is 17.9 Å². The van der Waals surface area contributed by atoms with E-state index in [1.54, 1.807) is 30.3 Å². The average molecular weight is 572 g/mol. The second kappa shape index (κ2) is 12.0. The zero-order valence-corrected chi connectivity index (χ0v) is 23.4. The molecule has 5 nitrogen and oxygen atoms in total. The molecule has 3 aliphatic rings. The van der Waals surface area contributed by atoms with Crippen LogP contribution in [0.4, 0.5) is 23.2 Å². The van der Waals surface area contributed by atoms with Gasteiger partial charge in [-0.3, -0.25) is 4.79 Å². The first-order chi connectivity index (χ1) is 19.6. The van der Waals surface area contributed by atoms with E-state index in [-0.39, 0.29) is 35.3 Å². The number of hydrogen-bond acceptors (Lipinski definition) is 5. The van der Waals surface area contributed by atoms with Gasteiger partial charge in [0.05, 0.1) is 17.9 Å². The van der Waals surface area contributed by atoms with E-state index in [1.165, 1.54) is 19.1 Å². The Hall–Kier alpha value is -3.12. The van der Waals surface area contributed by atoms with Crippen molar-refractivity contribution >= 4 is 11.7 Å². The number of hydrogen-bond donors (Lipinski definition) is 0. The smallest absolute Gasteiger partial charge is 0.393 e. The van der Waals surface area contributed by atoms with Crippen molar-refractivity contribution in [2.75, 3.05) is 37.6 Å². The van der Waals surface area contributed by atoms with Crippen molar-refractivity contribution in [3.63, 3.8) is 0 Å². The molecule has 0 amide bonds. The maximum atomic E-state index is 14.4. The third-order valence-corrected chi connectivity index (χ3v) is 9.25. The number of esters is 1. The Morgan fingerprint density at radius 1 is 1.05 bits per heavy atom. The normalized spacial score (nSPS) is 24.0. The van der Waals surface area contributed by atoms with E-state index >= 15 is 0 Å². The number of nitrogens with zero attached hydrogens (tertiary/aromatic N) is 3. The highest BCUT2D eigenvalue weighted by molar-refractivity contribution is 5.66. The molecular formula is C32H37F4N3O2. The lowest BCUT2D eigenvalue weighted by molar-refractivity contribution is -0.149. The number of carbonyl (C=O) groups excluding carboxylic acids is 1. The number of halogens is 4. The van der Waals surface area contributed by atoms with Crippen molar-refractivity contribution < 1.29 is 27.1 Å². The molecular weight excluding hydrogens is 534 g/mol. The predicted octanol–water partition coefficient (Wildman–Crippen LogP) is 6.27. The molecule has 1 unspecified atom stereocenters. The Morgan fingerprint density at radius 3 is 2.37 bits per heavy atom. The summed E-state index contributed by atoms with van der Waals surface area (Å²) in [4.78, 5) is 16.5. The van der Waals surface area contributed by atoms with E-state index in [2.05, 4.69) is 15.9 Å². The molecule has 2 aliphatic heterocycles. The Kier molecular flexibility index (Phi) is 8.60. The van der Waals surface area contributed by atoms with Gasteiger partial charge in [0, 0.05) is 44.1 Å². The molecule has 41 heavy (non-hydrogen) atoms. The molecule has 5 rings (SSSR count). The molecule has 220 valence electrons. The molecule has 1 saturated carbocycles. The lowest BCUT2D eigenvalue weighted by Crippen LogP contribution is -2.54. The monoisotopic (exact) mass is 571 g/mol. The Balaban J connectivity index is 1.21. The van der Waals surface area contributed by atoms with Gasteiger partial charge in [-0.05, 0) is 86.5 Å². The number of carbonyl (C=O) groups is 1. The minimum Gasteiger partial charge on any atom is -0.462 e. The number of benzene rings is 2. The predicted molar refractivity (Wildman–Crippen MR) is 148 cm³/mol. The van der Waals surface area contributed by atoms with Gasteiger partial charge >= 0.3 is 12.1 Å². The summed E-state index contributed by atoms with van der Waals surface area (Å²) < 4.78 is 58.1. The third kappa shape index (κ3) is 6.53. The van der Waals surface area contributed by atoms with Crippen LogP contribution in [-0.2, 0) is 21.4 Å². The summed E-state index contributed by atoms with van der Waals surface area (Å²) in [5.41, 5.74) is 0.956. The van der Waals surface area contributed by atoms with Crippen LogP contribution in [0.3, 0.4) is 0 Å². The van der Waals surface area contributed by atoms with Crippen LogP contribution in [0.25, 0.3) is 0 Å². The van der Waals surface area contributed by atoms with Gasteiger partial charge in [0.2, 0.25) is 0 Å². The summed E-state index contributed by atoms with van der Waals surface area (Å²) in [7, 11) is 0. The van der Waals surface area contributed by atoms with Crippen molar-refractivity contribution in [1.82, 2.24) is 4.90 Å². The fraction of sp³-hybridized carbons (Fsp3) is 0.562. The standard InChI is InChI=1S/C32H37F4N3O2/c1-22(40)41-30-7-3-6-29(30)31(21-37,26-4-2-5-27(33)16-26)25-12-14-38(15-13-25)18-24-19-39(20-24)28-10-8-23(9-11-28)17-32(34,35)36/h2,4-5,8-11,16,24-25,29-30H,3,6-7,12-15,17-20H2,1H3/t29-,30-,31?/m0/s1. The van der Waals surface area contributed by atoms with Gasteiger partial charge < -0.3 is 14.5 Å². The zero-order valence-electron chi connectivity index (χ0n) is 23.4. The van der Waals surface area contributed by atoms with Gasteiger partial charge in [-0.2, -0.15) is 18.4 Å². The second-order valence-electron chi connectivity index (χ2n) is 12.0. The zero-order chi connectivity index (χ0) is 29.2. The average Bonchev–Trinajstić information content (AvgIpc) is 3.35. The molecule has 2 heterocycles. The van der Waals surface area contributed by atoms with Crippen LogP contribution in [0.15, 0.2) is 48.5 Å². The molecule has 0 radical (unpaired) electrons. The largest absolute Gasteiger partial charge is 0.462 e. The highest BCUT2D eigenvalue weighted by Gasteiger charge is 2.53.